The molecule has 1 aliphatic rings. The molecule has 0 fully saturated rings. The zero-order chi connectivity index (χ0) is 24.7. The minimum Gasteiger partial charge on any atom is -0.350 e. The molecule has 35 heavy (non-hydrogen) atoms. The lowest BCUT2D eigenvalue weighted by molar-refractivity contribution is -0.120. The molecule has 0 radical (unpaired) electrons. The molecule has 4 aromatic rings. The summed E-state index contributed by atoms with van der Waals surface area (Å²) >= 11 is 0. The van der Waals surface area contributed by atoms with Gasteiger partial charge in [0.05, 0.1) is 11.3 Å². The Hall–Kier alpha value is -4.18. The van der Waals surface area contributed by atoms with Gasteiger partial charge in [0.2, 0.25) is 0 Å². The highest BCUT2D eigenvalue weighted by molar-refractivity contribution is 6.46. The number of rotatable bonds is 5. The number of fused-ring (bicyclic) bond motifs is 1. The van der Waals surface area contributed by atoms with E-state index in [4.69, 9.17) is 0 Å². The Morgan fingerprint density at radius 3 is 2.17 bits per heavy atom. The first-order valence-corrected chi connectivity index (χ1v) is 11.9. The van der Waals surface area contributed by atoms with Crippen molar-refractivity contribution in [3.63, 3.8) is 0 Å². The monoisotopic (exact) mass is 460 g/mol. The van der Waals surface area contributed by atoms with Crippen LogP contribution in [0.3, 0.4) is 0 Å². The van der Waals surface area contributed by atoms with Gasteiger partial charge in [-0.15, -0.1) is 0 Å². The van der Waals surface area contributed by atoms with E-state index in [-0.39, 0.29) is 11.8 Å². The van der Waals surface area contributed by atoms with E-state index in [1.54, 1.807) is 0 Å². The standard InChI is InChI=1S/C31H28N2O2/c1-19(2)22-14-16-25(17-15-22)33-30(34)28(24-13-12-20(3)21(4)18-24)29(31(33)35)32-27-11-7-9-23-8-5-6-10-26(23)27/h5-19,32H,1-4H3. The molecule has 2 amide bonds. The topological polar surface area (TPSA) is 49.4 Å². The molecule has 0 aliphatic carbocycles. The van der Waals surface area contributed by atoms with E-state index in [2.05, 4.69) is 19.2 Å². The summed E-state index contributed by atoms with van der Waals surface area (Å²) in [5, 5.41) is 5.39. The first-order valence-electron chi connectivity index (χ1n) is 11.9. The smallest absolute Gasteiger partial charge is 0.282 e. The van der Waals surface area contributed by atoms with Crippen LogP contribution >= 0.6 is 0 Å². The van der Waals surface area contributed by atoms with Gasteiger partial charge in [-0.25, -0.2) is 4.90 Å². The Kier molecular flexibility index (Phi) is 5.73. The van der Waals surface area contributed by atoms with Gasteiger partial charge in [0.15, 0.2) is 0 Å². The number of carbonyl (C=O) groups is 2. The number of amides is 2. The van der Waals surface area contributed by atoms with Gasteiger partial charge in [-0.1, -0.05) is 80.6 Å². The van der Waals surface area contributed by atoms with Crippen LogP contribution < -0.4 is 10.2 Å². The number of nitrogens with one attached hydrogen (secondary N) is 1. The summed E-state index contributed by atoms with van der Waals surface area (Å²) in [7, 11) is 0. The second-order valence-electron chi connectivity index (χ2n) is 9.39. The van der Waals surface area contributed by atoms with Crippen LogP contribution in [0.2, 0.25) is 0 Å². The highest BCUT2D eigenvalue weighted by atomic mass is 16.2. The van der Waals surface area contributed by atoms with Crippen molar-refractivity contribution in [1.82, 2.24) is 0 Å². The molecule has 0 spiro atoms. The average Bonchev–Trinajstić information content (AvgIpc) is 3.10. The van der Waals surface area contributed by atoms with Crippen LogP contribution in [0.25, 0.3) is 16.3 Å². The van der Waals surface area contributed by atoms with Crippen molar-refractivity contribution in [1.29, 1.82) is 0 Å². The van der Waals surface area contributed by atoms with E-state index in [0.717, 1.165) is 38.7 Å². The number of imide groups is 1. The van der Waals surface area contributed by atoms with Gasteiger partial charge in [-0.3, -0.25) is 9.59 Å². The molecule has 0 unspecified atom stereocenters. The second-order valence-corrected chi connectivity index (χ2v) is 9.39. The van der Waals surface area contributed by atoms with Crippen molar-refractivity contribution >= 4 is 39.5 Å². The van der Waals surface area contributed by atoms with Crippen molar-refractivity contribution in [2.75, 3.05) is 10.2 Å². The molecule has 0 saturated heterocycles. The lowest BCUT2D eigenvalue weighted by atomic mass is 9.99. The van der Waals surface area contributed by atoms with Gasteiger partial charge in [-0.2, -0.15) is 0 Å². The van der Waals surface area contributed by atoms with E-state index in [1.165, 1.54) is 4.90 Å². The van der Waals surface area contributed by atoms with Gasteiger partial charge in [-0.05, 0) is 65.6 Å². The van der Waals surface area contributed by atoms with Crippen LogP contribution in [0, 0.1) is 13.8 Å². The summed E-state index contributed by atoms with van der Waals surface area (Å²) in [6.07, 6.45) is 0. The Morgan fingerprint density at radius 1 is 0.743 bits per heavy atom. The number of hydrogen-bond donors (Lipinski definition) is 1. The molecular weight excluding hydrogens is 432 g/mol. The third-order valence-electron chi connectivity index (χ3n) is 6.75. The van der Waals surface area contributed by atoms with Crippen LogP contribution in [0.1, 0.15) is 42.0 Å². The first kappa shape index (κ1) is 22.6. The van der Waals surface area contributed by atoms with Crippen LogP contribution in [0.15, 0.2) is 90.6 Å². The normalized spacial score (nSPS) is 13.9. The van der Waals surface area contributed by atoms with Gasteiger partial charge in [0.1, 0.15) is 5.70 Å². The summed E-state index contributed by atoms with van der Waals surface area (Å²) in [5.74, 6) is -0.311. The molecule has 1 heterocycles. The molecule has 4 aromatic carbocycles. The van der Waals surface area contributed by atoms with E-state index >= 15 is 0 Å². The van der Waals surface area contributed by atoms with Gasteiger partial charge in [0, 0.05) is 11.1 Å². The highest BCUT2D eigenvalue weighted by Crippen LogP contribution is 2.36. The van der Waals surface area contributed by atoms with Crippen LogP contribution in [-0.2, 0) is 9.59 Å². The fraction of sp³-hybridized carbons (Fsp3) is 0.161. The molecule has 0 bridgehead atoms. The number of aryl methyl sites for hydroxylation is 2. The van der Waals surface area contributed by atoms with Crippen molar-refractivity contribution in [3.05, 3.63) is 113 Å². The van der Waals surface area contributed by atoms with E-state index in [9.17, 15) is 9.59 Å². The molecule has 1 N–H and O–H groups in total. The number of anilines is 2. The largest absolute Gasteiger partial charge is 0.350 e. The quantitative estimate of drug-likeness (QED) is 0.327. The fourth-order valence-corrected chi connectivity index (χ4v) is 4.52. The maximum Gasteiger partial charge on any atom is 0.282 e. The fourth-order valence-electron chi connectivity index (χ4n) is 4.52. The van der Waals surface area contributed by atoms with Crippen LogP contribution in [0.4, 0.5) is 11.4 Å². The number of nitrogens with zero attached hydrogens (tertiary/aromatic N) is 1. The average molecular weight is 461 g/mol. The van der Waals surface area contributed by atoms with E-state index < -0.39 is 0 Å². The van der Waals surface area contributed by atoms with Crippen molar-refractivity contribution in [2.45, 2.75) is 33.6 Å². The lowest BCUT2D eigenvalue weighted by Crippen LogP contribution is -2.32. The second kappa shape index (κ2) is 8.88. The molecule has 0 aromatic heterocycles. The minimum absolute atomic E-state index is 0.294. The lowest BCUT2D eigenvalue weighted by Gasteiger charge is -2.17. The molecule has 4 heteroatoms. The Balaban J connectivity index is 1.64. The summed E-state index contributed by atoms with van der Waals surface area (Å²) < 4.78 is 0. The van der Waals surface area contributed by atoms with Crippen molar-refractivity contribution in [3.8, 4) is 0 Å². The maximum absolute atomic E-state index is 13.8. The molecular formula is C31H28N2O2. The van der Waals surface area contributed by atoms with Crippen molar-refractivity contribution < 1.29 is 9.59 Å². The third kappa shape index (κ3) is 4.01. The number of benzene rings is 4. The molecule has 5 rings (SSSR count). The zero-order valence-corrected chi connectivity index (χ0v) is 20.4. The van der Waals surface area contributed by atoms with E-state index in [0.29, 0.717) is 22.9 Å². The molecule has 174 valence electrons. The summed E-state index contributed by atoms with van der Waals surface area (Å²) in [4.78, 5) is 28.9. The Bertz CT molecular complexity index is 1490. The third-order valence-corrected chi connectivity index (χ3v) is 6.75. The summed E-state index contributed by atoms with van der Waals surface area (Å²) in [6, 6.07) is 27.5. The number of carbonyl (C=O) groups excluding carboxylic acids is 2. The molecule has 1 aliphatic heterocycles. The molecule has 4 nitrogen and oxygen atoms in total. The first-order chi connectivity index (χ1) is 16.8. The summed E-state index contributed by atoms with van der Waals surface area (Å²) in [5.41, 5.74) is 6.13. The Labute approximate surface area is 205 Å². The van der Waals surface area contributed by atoms with Gasteiger partial charge < -0.3 is 5.32 Å². The predicted octanol–water partition coefficient (Wildman–Crippen LogP) is 6.98. The SMILES string of the molecule is Cc1ccc(C2=C(Nc3cccc4ccccc34)C(=O)N(c3ccc(C(C)C)cc3)C2=O)cc1C. The Morgan fingerprint density at radius 2 is 1.46 bits per heavy atom. The predicted molar refractivity (Wildman–Crippen MR) is 143 cm³/mol. The van der Waals surface area contributed by atoms with Gasteiger partial charge in [0.25, 0.3) is 11.8 Å². The van der Waals surface area contributed by atoms with Crippen LogP contribution in [-0.4, -0.2) is 11.8 Å². The molecule has 0 atom stereocenters. The van der Waals surface area contributed by atoms with Crippen LogP contribution in [0.5, 0.6) is 0 Å². The molecule has 0 saturated carbocycles. The van der Waals surface area contributed by atoms with Gasteiger partial charge >= 0.3 is 0 Å². The zero-order valence-electron chi connectivity index (χ0n) is 20.4. The minimum atomic E-state index is -0.353. The van der Waals surface area contributed by atoms with Crippen molar-refractivity contribution in [2.24, 2.45) is 0 Å². The highest BCUT2D eigenvalue weighted by Gasteiger charge is 2.40. The maximum atomic E-state index is 13.8. The summed E-state index contributed by atoms with van der Waals surface area (Å²) in [6.45, 7) is 8.29. The van der Waals surface area contributed by atoms with E-state index in [1.807, 2.05) is 98.8 Å². The number of hydrogen-bond acceptors (Lipinski definition) is 3.